The maximum atomic E-state index is 13.4. The molecule has 0 atom stereocenters. The molecule has 0 aliphatic carbocycles. The Balaban J connectivity index is 1.50. The lowest BCUT2D eigenvalue weighted by Gasteiger charge is -2.36. The molecule has 0 N–H and O–H groups in total. The van der Waals surface area contributed by atoms with Gasteiger partial charge in [0.25, 0.3) is 11.8 Å². The van der Waals surface area contributed by atoms with Crippen molar-refractivity contribution in [2.45, 2.75) is 18.9 Å². The van der Waals surface area contributed by atoms with Crippen LogP contribution in [0.25, 0.3) is 5.57 Å². The molecule has 0 bridgehead atoms. The van der Waals surface area contributed by atoms with Crippen LogP contribution in [0, 0.1) is 0 Å². The van der Waals surface area contributed by atoms with E-state index in [1.54, 1.807) is 19.2 Å². The second-order valence-corrected chi connectivity index (χ2v) is 9.08. The Bertz CT molecular complexity index is 979. The summed E-state index contributed by atoms with van der Waals surface area (Å²) in [5.74, 6) is 0.928. The number of hydrogen-bond acceptors (Lipinski definition) is 7. The molecule has 4 rings (SSSR count). The Labute approximate surface area is 192 Å². The van der Waals surface area contributed by atoms with Crippen molar-refractivity contribution < 1.29 is 19.1 Å². The maximum absolute atomic E-state index is 13.4. The summed E-state index contributed by atoms with van der Waals surface area (Å²) in [6.07, 6.45) is 1.94. The fourth-order valence-electron chi connectivity index (χ4n) is 4.23. The Kier molecular flexibility index (Phi) is 6.81. The fraction of sp³-hybridized carbons (Fsp3) is 0.417. The largest absolute Gasteiger partial charge is 0.497 e. The molecule has 0 unspecified atom stereocenters. The van der Waals surface area contributed by atoms with Crippen molar-refractivity contribution in [3.05, 3.63) is 52.4 Å². The molecule has 1 aromatic heterocycles. The summed E-state index contributed by atoms with van der Waals surface area (Å²) < 4.78 is 10.9. The Morgan fingerprint density at radius 1 is 1.06 bits per heavy atom. The summed E-state index contributed by atoms with van der Waals surface area (Å²) in [6, 6.07) is 11.3. The van der Waals surface area contributed by atoms with Gasteiger partial charge in [-0.15, -0.1) is 11.3 Å². The van der Waals surface area contributed by atoms with Gasteiger partial charge in [0.2, 0.25) is 0 Å². The van der Waals surface area contributed by atoms with Crippen molar-refractivity contribution in [1.29, 1.82) is 0 Å². The quantitative estimate of drug-likeness (QED) is 0.571. The number of likely N-dealkylation sites (tertiary alicyclic amines) is 1. The first-order chi connectivity index (χ1) is 15.5. The van der Waals surface area contributed by atoms with Crippen LogP contribution in [0.2, 0.25) is 0 Å². The highest BCUT2D eigenvalue weighted by Crippen LogP contribution is 2.35. The lowest BCUT2D eigenvalue weighted by Crippen LogP contribution is -2.44. The van der Waals surface area contributed by atoms with Crippen molar-refractivity contribution in [2.75, 3.05) is 47.4 Å². The average Bonchev–Trinajstić information content (AvgIpc) is 3.41. The zero-order chi connectivity index (χ0) is 22.7. The van der Waals surface area contributed by atoms with E-state index >= 15 is 0 Å². The number of carbonyl (C=O) groups excluding carboxylic acids is 2. The van der Waals surface area contributed by atoms with E-state index in [9.17, 15) is 9.59 Å². The number of carbonyl (C=O) groups is 2. The number of ether oxygens (including phenoxy) is 2. The van der Waals surface area contributed by atoms with Gasteiger partial charge in [-0.2, -0.15) is 0 Å². The third-order valence-electron chi connectivity index (χ3n) is 6.14. The van der Waals surface area contributed by atoms with Gasteiger partial charge in [-0.1, -0.05) is 6.07 Å². The number of nitrogens with zero attached hydrogens (tertiary/aromatic N) is 3. The predicted molar refractivity (Wildman–Crippen MR) is 125 cm³/mol. The number of piperidine rings is 1. The van der Waals surface area contributed by atoms with Crippen LogP contribution in [0.3, 0.4) is 0 Å². The van der Waals surface area contributed by atoms with Crippen molar-refractivity contribution in [1.82, 2.24) is 14.7 Å². The Morgan fingerprint density at radius 3 is 2.38 bits per heavy atom. The molecule has 32 heavy (non-hydrogen) atoms. The van der Waals surface area contributed by atoms with E-state index in [0.717, 1.165) is 36.6 Å². The minimum atomic E-state index is -0.245. The Hall–Kier alpha value is -2.84. The minimum absolute atomic E-state index is 0.198. The van der Waals surface area contributed by atoms with Crippen LogP contribution in [0.15, 0.2) is 47.5 Å². The van der Waals surface area contributed by atoms with Crippen LogP contribution >= 0.6 is 11.3 Å². The summed E-state index contributed by atoms with van der Waals surface area (Å²) in [4.78, 5) is 33.2. The highest BCUT2D eigenvalue weighted by molar-refractivity contribution is 7.11. The number of benzene rings is 1. The zero-order valence-electron chi connectivity index (χ0n) is 18.7. The van der Waals surface area contributed by atoms with Gasteiger partial charge in [0.15, 0.2) is 0 Å². The van der Waals surface area contributed by atoms with E-state index in [2.05, 4.69) is 11.9 Å². The molecule has 0 radical (unpaired) electrons. The van der Waals surface area contributed by atoms with Crippen molar-refractivity contribution in [3.8, 4) is 11.5 Å². The second kappa shape index (κ2) is 9.75. The van der Waals surface area contributed by atoms with E-state index in [1.165, 1.54) is 16.2 Å². The Morgan fingerprint density at radius 2 is 1.75 bits per heavy atom. The van der Waals surface area contributed by atoms with Crippen molar-refractivity contribution in [2.24, 2.45) is 0 Å². The number of likely N-dealkylation sites (N-methyl/N-ethyl adjacent to an activating group) is 1. The molecule has 2 aromatic rings. The fourth-order valence-corrected chi connectivity index (χ4v) is 4.99. The third kappa shape index (κ3) is 4.52. The van der Waals surface area contributed by atoms with Crippen LogP contribution in [0.1, 0.15) is 17.7 Å². The lowest BCUT2D eigenvalue weighted by atomic mass is 10.0. The summed E-state index contributed by atoms with van der Waals surface area (Å²) in [5.41, 5.74) is 1.02. The molecule has 170 valence electrons. The van der Waals surface area contributed by atoms with Gasteiger partial charge in [0.1, 0.15) is 23.8 Å². The summed E-state index contributed by atoms with van der Waals surface area (Å²) in [6.45, 7) is 2.40. The van der Waals surface area contributed by atoms with Gasteiger partial charge in [-0.05, 0) is 68.7 Å². The molecule has 2 aliphatic heterocycles. The number of rotatable bonds is 8. The first kappa shape index (κ1) is 22.4. The van der Waals surface area contributed by atoms with Crippen LogP contribution in [-0.2, 0) is 9.59 Å². The number of imide groups is 1. The van der Waals surface area contributed by atoms with Gasteiger partial charge in [0, 0.05) is 18.0 Å². The van der Waals surface area contributed by atoms with E-state index in [1.807, 2.05) is 41.6 Å². The molecule has 0 spiro atoms. The molecule has 0 saturated carbocycles. The maximum Gasteiger partial charge on any atom is 0.278 e. The SMILES string of the molecule is COc1ccc(OCCN2C(=O)C(c3cccs3)=C(N(C)C3CCN(C)CC3)C2=O)cc1. The van der Waals surface area contributed by atoms with Gasteiger partial charge in [0.05, 0.1) is 19.2 Å². The van der Waals surface area contributed by atoms with Crippen LogP contribution < -0.4 is 9.47 Å². The topological polar surface area (TPSA) is 62.3 Å². The molecule has 8 heteroatoms. The molecule has 1 fully saturated rings. The van der Waals surface area contributed by atoms with Gasteiger partial charge >= 0.3 is 0 Å². The van der Waals surface area contributed by atoms with Gasteiger partial charge in [-0.25, -0.2) is 0 Å². The molecule has 2 amide bonds. The van der Waals surface area contributed by atoms with Gasteiger partial charge in [-0.3, -0.25) is 14.5 Å². The lowest BCUT2D eigenvalue weighted by molar-refractivity contribution is -0.138. The van der Waals surface area contributed by atoms with Crippen LogP contribution in [-0.4, -0.2) is 80.0 Å². The molecule has 1 saturated heterocycles. The second-order valence-electron chi connectivity index (χ2n) is 8.13. The van der Waals surface area contributed by atoms with Crippen molar-refractivity contribution >= 4 is 28.7 Å². The summed E-state index contributed by atoms with van der Waals surface area (Å²) >= 11 is 1.48. The molecular weight excluding hydrogens is 426 g/mol. The first-order valence-electron chi connectivity index (χ1n) is 10.8. The average molecular weight is 456 g/mol. The van der Waals surface area contributed by atoms with E-state index < -0.39 is 0 Å². The van der Waals surface area contributed by atoms with E-state index in [0.29, 0.717) is 17.0 Å². The normalized spacial score (nSPS) is 17.9. The van der Waals surface area contributed by atoms with Crippen molar-refractivity contribution in [3.63, 3.8) is 0 Å². The molecule has 3 heterocycles. The number of methoxy groups -OCH3 is 1. The molecular formula is C24H29N3O4S. The zero-order valence-corrected chi connectivity index (χ0v) is 19.6. The smallest absolute Gasteiger partial charge is 0.278 e. The predicted octanol–water partition coefficient (Wildman–Crippen LogP) is 2.94. The van der Waals surface area contributed by atoms with E-state index in [4.69, 9.17) is 9.47 Å². The number of thiophene rings is 1. The molecule has 2 aliphatic rings. The molecule has 1 aromatic carbocycles. The molecule has 7 nitrogen and oxygen atoms in total. The number of hydrogen-bond donors (Lipinski definition) is 0. The highest BCUT2D eigenvalue weighted by atomic mass is 32.1. The van der Waals surface area contributed by atoms with Crippen LogP contribution in [0.5, 0.6) is 11.5 Å². The monoisotopic (exact) mass is 455 g/mol. The highest BCUT2D eigenvalue weighted by Gasteiger charge is 2.42. The summed E-state index contributed by atoms with van der Waals surface area (Å²) in [7, 11) is 5.67. The number of amides is 2. The summed E-state index contributed by atoms with van der Waals surface area (Å²) in [5, 5.41) is 1.93. The first-order valence-corrected chi connectivity index (χ1v) is 11.7. The van der Waals surface area contributed by atoms with Gasteiger partial charge < -0.3 is 19.3 Å². The minimum Gasteiger partial charge on any atom is -0.497 e. The third-order valence-corrected chi connectivity index (χ3v) is 7.03. The standard InChI is InChI=1S/C24H29N3O4S/c1-25-12-10-17(11-13-25)26(2)22-21(20-5-4-16-32-20)23(28)27(24(22)29)14-15-31-19-8-6-18(30-3)7-9-19/h4-9,16-17H,10-15H2,1-3H3. The van der Waals surface area contributed by atoms with Crippen LogP contribution in [0.4, 0.5) is 0 Å². The van der Waals surface area contributed by atoms with E-state index in [-0.39, 0.29) is 31.0 Å².